The lowest BCUT2D eigenvalue weighted by Gasteiger charge is -2.33. The first-order valence-electron chi connectivity index (χ1n) is 10.0. The molecule has 0 unspecified atom stereocenters. The molecule has 31 heavy (non-hydrogen) atoms. The number of carbonyl (C=O) groups excluding carboxylic acids is 1. The van der Waals surface area contributed by atoms with Crippen molar-refractivity contribution >= 4 is 27.7 Å². The molecule has 0 aromatic carbocycles. The lowest BCUT2D eigenvalue weighted by Crippen LogP contribution is -2.51. The molecule has 3 rings (SSSR count). The molecular weight excluding hydrogens is 442 g/mol. The Morgan fingerprint density at radius 2 is 1.81 bits per heavy atom. The van der Waals surface area contributed by atoms with E-state index in [0.29, 0.717) is 31.9 Å². The van der Waals surface area contributed by atoms with E-state index in [4.69, 9.17) is 9.26 Å². The lowest BCUT2D eigenvalue weighted by molar-refractivity contribution is -0.129. The van der Waals surface area contributed by atoms with Crippen LogP contribution in [0.4, 0.5) is 0 Å². The number of sulfonamides is 1. The number of nitrogens with zero attached hydrogens (tertiary/aromatic N) is 5. The number of methoxy groups -OCH3 is 1. The Hall–Kier alpha value is -1.89. The maximum atomic E-state index is 12.9. The van der Waals surface area contributed by atoms with Gasteiger partial charge in [-0.1, -0.05) is 16.9 Å². The number of carbonyl (C=O) groups is 1. The Morgan fingerprint density at radius 3 is 2.39 bits per heavy atom. The summed E-state index contributed by atoms with van der Waals surface area (Å²) in [5.74, 6) is 0.498. The molecule has 1 amide bonds. The number of thioether (sulfide) groups is 1. The van der Waals surface area contributed by atoms with E-state index < -0.39 is 10.0 Å². The van der Waals surface area contributed by atoms with E-state index in [0.717, 1.165) is 16.5 Å². The van der Waals surface area contributed by atoms with Crippen molar-refractivity contribution in [2.75, 3.05) is 45.6 Å². The molecule has 10 nitrogen and oxygen atoms in total. The molecule has 12 heteroatoms. The van der Waals surface area contributed by atoms with E-state index in [1.807, 2.05) is 13.8 Å². The van der Waals surface area contributed by atoms with Gasteiger partial charge in [-0.3, -0.25) is 4.79 Å². The Kier molecular flexibility index (Phi) is 7.45. The number of hydrogen-bond donors (Lipinski definition) is 0. The minimum atomic E-state index is -3.69. The van der Waals surface area contributed by atoms with Crippen molar-refractivity contribution in [2.45, 2.75) is 44.3 Å². The first-order chi connectivity index (χ1) is 14.7. The zero-order valence-electron chi connectivity index (χ0n) is 18.5. The van der Waals surface area contributed by atoms with E-state index in [1.165, 1.54) is 16.1 Å². The summed E-state index contributed by atoms with van der Waals surface area (Å²) in [6, 6.07) is 0. The van der Waals surface area contributed by atoms with Crippen molar-refractivity contribution in [1.82, 2.24) is 23.9 Å². The molecule has 1 fully saturated rings. The average molecular weight is 472 g/mol. The van der Waals surface area contributed by atoms with Gasteiger partial charge in [0.15, 0.2) is 10.9 Å². The molecule has 0 radical (unpaired) electrons. The number of amides is 1. The molecule has 172 valence electrons. The Balaban J connectivity index is 1.58. The van der Waals surface area contributed by atoms with Crippen LogP contribution in [0.2, 0.25) is 0 Å². The van der Waals surface area contributed by atoms with Crippen LogP contribution in [0.15, 0.2) is 14.6 Å². The fraction of sp³-hybridized carbons (Fsp3) is 0.632. The predicted octanol–water partition coefficient (Wildman–Crippen LogP) is 1.38. The highest BCUT2D eigenvalue weighted by Gasteiger charge is 2.34. The molecule has 1 aliphatic heterocycles. The molecule has 0 atom stereocenters. The molecule has 0 saturated carbocycles. The topological polar surface area (TPSA) is 111 Å². The summed E-state index contributed by atoms with van der Waals surface area (Å²) in [5, 5.41) is 4.53. The highest BCUT2D eigenvalue weighted by Crippen LogP contribution is 2.25. The molecule has 1 saturated heterocycles. The minimum Gasteiger partial charge on any atom is -0.383 e. The maximum absolute atomic E-state index is 12.9. The third-order valence-electron chi connectivity index (χ3n) is 5.42. The largest absolute Gasteiger partial charge is 0.383 e. The number of hydrogen-bond acceptors (Lipinski definition) is 8. The molecule has 1 aliphatic rings. The van der Waals surface area contributed by atoms with Crippen molar-refractivity contribution in [2.24, 2.45) is 0 Å². The maximum Gasteiger partial charge on any atom is 0.248 e. The molecular formula is C19H29N5O5S2. The molecule has 0 aliphatic carbocycles. The third-order valence-corrected chi connectivity index (χ3v) is 8.53. The second-order valence-corrected chi connectivity index (χ2v) is 10.3. The Labute approximate surface area is 187 Å². The summed E-state index contributed by atoms with van der Waals surface area (Å²) in [4.78, 5) is 19.1. The Morgan fingerprint density at radius 1 is 1.13 bits per heavy atom. The van der Waals surface area contributed by atoms with Gasteiger partial charge in [-0.15, -0.1) is 0 Å². The quantitative estimate of drug-likeness (QED) is 0.531. The van der Waals surface area contributed by atoms with Crippen LogP contribution < -0.4 is 0 Å². The highest BCUT2D eigenvalue weighted by molar-refractivity contribution is 7.99. The number of piperazine rings is 1. The van der Waals surface area contributed by atoms with Gasteiger partial charge in [0.1, 0.15) is 10.6 Å². The molecule has 0 spiro atoms. The number of rotatable bonds is 8. The molecule has 0 N–H and O–H groups in total. The van der Waals surface area contributed by atoms with Gasteiger partial charge in [0.2, 0.25) is 15.9 Å². The SMILES string of the molecule is COCCn1c(SCC(=O)N2CCN(S(=O)(=O)c3c(C)noc3C)CC2)nc(C)c1C. The molecule has 2 aromatic heterocycles. The van der Waals surface area contributed by atoms with Crippen molar-refractivity contribution in [1.29, 1.82) is 0 Å². The molecule has 0 bridgehead atoms. The van der Waals surface area contributed by atoms with Crippen LogP contribution in [0.1, 0.15) is 22.8 Å². The number of imidazole rings is 1. The third kappa shape index (κ3) is 4.97. The van der Waals surface area contributed by atoms with E-state index in [1.54, 1.807) is 25.9 Å². The normalized spacial score (nSPS) is 15.6. The summed E-state index contributed by atoms with van der Waals surface area (Å²) in [5.41, 5.74) is 2.34. The molecule has 2 aromatic rings. The van der Waals surface area contributed by atoms with Crippen LogP contribution in [0, 0.1) is 27.7 Å². The summed E-state index contributed by atoms with van der Waals surface area (Å²) in [6.07, 6.45) is 0. The first kappa shape index (κ1) is 23.8. The standard InChI is InChI=1S/C19H29N5O5S2/c1-13-15(3)24(10-11-28-5)19(20-13)30-12-17(25)22-6-8-23(9-7-22)31(26,27)18-14(2)21-29-16(18)4/h6-12H2,1-5H3. The zero-order valence-corrected chi connectivity index (χ0v) is 20.2. The van der Waals surface area contributed by atoms with Crippen LogP contribution in [-0.2, 0) is 26.1 Å². The van der Waals surface area contributed by atoms with Crippen molar-refractivity contribution in [3.05, 3.63) is 22.8 Å². The van der Waals surface area contributed by atoms with Gasteiger partial charge in [0.25, 0.3) is 0 Å². The summed E-state index contributed by atoms with van der Waals surface area (Å²) in [7, 11) is -2.04. The van der Waals surface area contributed by atoms with Crippen molar-refractivity contribution < 1.29 is 22.5 Å². The molecule has 3 heterocycles. The first-order valence-corrected chi connectivity index (χ1v) is 12.5. The van der Waals surface area contributed by atoms with Gasteiger partial charge < -0.3 is 18.7 Å². The fourth-order valence-electron chi connectivity index (χ4n) is 3.55. The van der Waals surface area contributed by atoms with Crippen LogP contribution >= 0.6 is 11.8 Å². The second-order valence-electron chi connectivity index (χ2n) is 7.44. The van der Waals surface area contributed by atoms with Gasteiger partial charge in [-0.2, -0.15) is 4.31 Å². The van der Waals surface area contributed by atoms with Gasteiger partial charge >= 0.3 is 0 Å². The monoisotopic (exact) mass is 471 g/mol. The highest BCUT2D eigenvalue weighted by atomic mass is 32.2. The summed E-state index contributed by atoms with van der Waals surface area (Å²) < 4.78 is 39.5. The summed E-state index contributed by atoms with van der Waals surface area (Å²) in [6.45, 7) is 9.57. The smallest absolute Gasteiger partial charge is 0.248 e. The van der Waals surface area contributed by atoms with Crippen LogP contribution in [-0.4, -0.2) is 83.9 Å². The van der Waals surface area contributed by atoms with Gasteiger partial charge in [0, 0.05) is 45.5 Å². The summed E-state index contributed by atoms with van der Waals surface area (Å²) >= 11 is 1.40. The zero-order chi connectivity index (χ0) is 22.8. The average Bonchev–Trinajstić information content (AvgIpc) is 3.22. The predicted molar refractivity (Wildman–Crippen MR) is 116 cm³/mol. The number of ether oxygens (including phenoxy) is 1. The van der Waals surface area contributed by atoms with E-state index >= 15 is 0 Å². The van der Waals surface area contributed by atoms with Gasteiger partial charge in [0.05, 0.1) is 18.1 Å². The van der Waals surface area contributed by atoms with Crippen LogP contribution in [0.3, 0.4) is 0 Å². The minimum absolute atomic E-state index is 0.0315. The number of aryl methyl sites for hydroxylation is 3. The van der Waals surface area contributed by atoms with Crippen LogP contribution in [0.5, 0.6) is 0 Å². The van der Waals surface area contributed by atoms with Crippen molar-refractivity contribution in [3.63, 3.8) is 0 Å². The van der Waals surface area contributed by atoms with E-state index in [9.17, 15) is 13.2 Å². The van der Waals surface area contributed by atoms with Crippen LogP contribution in [0.25, 0.3) is 0 Å². The van der Waals surface area contributed by atoms with Crippen molar-refractivity contribution in [3.8, 4) is 0 Å². The Bertz CT molecular complexity index is 1020. The lowest BCUT2D eigenvalue weighted by atomic mass is 10.3. The van der Waals surface area contributed by atoms with Gasteiger partial charge in [-0.05, 0) is 27.7 Å². The van der Waals surface area contributed by atoms with E-state index in [2.05, 4.69) is 14.7 Å². The fourth-order valence-corrected chi connectivity index (χ4v) is 6.28. The number of aromatic nitrogens is 3. The van der Waals surface area contributed by atoms with E-state index in [-0.39, 0.29) is 35.4 Å². The second kappa shape index (κ2) is 9.72. The van der Waals surface area contributed by atoms with Gasteiger partial charge in [-0.25, -0.2) is 13.4 Å².